The summed E-state index contributed by atoms with van der Waals surface area (Å²) in [6.45, 7) is 1.50. The molecule has 100 valence electrons. The fourth-order valence-corrected chi connectivity index (χ4v) is 1.63. The predicted octanol–water partition coefficient (Wildman–Crippen LogP) is 3.48. The normalized spacial score (nSPS) is 11.4. The molecular formula is C13H11F3N2O. The van der Waals surface area contributed by atoms with Gasteiger partial charge in [0.05, 0.1) is 12.8 Å². The summed E-state index contributed by atoms with van der Waals surface area (Å²) in [5.74, 6) is -0.576. The number of halogens is 3. The number of nitrogens with zero attached hydrogens (tertiary/aromatic N) is 2. The topological polar surface area (TPSA) is 35.0 Å². The summed E-state index contributed by atoms with van der Waals surface area (Å²) in [6.07, 6.45) is -4.56. The van der Waals surface area contributed by atoms with Gasteiger partial charge in [0.2, 0.25) is 5.82 Å². The van der Waals surface area contributed by atoms with E-state index >= 15 is 0 Å². The van der Waals surface area contributed by atoms with Crippen LogP contribution in [-0.2, 0) is 6.18 Å². The molecule has 0 aliphatic heterocycles. The largest absolute Gasteiger partial charge is 0.497 e. The Kier molecular flexibility index (Phi) is 3.42. The molecule has 0 unspecified atom stereocenters. The molecule has 0 atom stereocenters. The van der Waals surface area contributed by atoms with Gasteiger partial charge in [0.15, 0.2) is 0 Å². The smallest absolute Gasteiger partial charge is 0.451 e. The molecule has 0 aliphatic carbocycles. The van der Waals surface area contributed by atoms with Gasteiger partial charge in [0.1, 0.15) is 5.75 Å². The second kappa shape index (κ2) is 4.87. The Morgan fingerprint density at radius 2 is 1.84 bits per heavy atom. The van der Waals surface area contributed by atoms with Crippen LogP contribution in [0.4, 0.5) is 13.2 Å². The van der Waals surface area contributed by atoms with Crippen molar-refractivity contribution < 1.29 is 17.9 Å². The number of hydrogen-bond acceptors (Lipinski definition) is 3. The molecule has 0 saturated carbocycles. The van der Waals surface area contributed by atoms with Crippen LogP contribution in [0.1, 0.15) is 11.5 Å². The molecule has 0 fully saturated rings. The van der Waals surface area contributed by atoms with Gasteiger partial charge in [-0.25, -0.2) is 9.97 Å². The summed E-state index contributed by atoms with van der Waals surface area (Å²) in [4.78, 5) is 6.96. The highest BCUT2D eigenvalue weighted by molar-refractivity contribution is 5.61. The van der Waals surface area contributed by atoms with Gasteiger partial charge < -0.3 is 4.74 Å². The number of rotatable bonds is 2. The lowest BCUT2D eigenvalue weighted by Crippen LogP contribution is -2.12. The molecule has 2 rings (SSSR count). The van der Waals surface area contributed by atoms with Crippen molar-refractivity contribution in [1.29, 1.82) is 0 Å². The molecule has 19 heavy (non-hydrogen) atoms. The molecule has 0 amide bonds. The Morgan fingerprint density at radius 1 is 1.11 bits per heavy atom. The molecule has 0 aliphatic rings. The van der Waals surface area contributed by atoms with E-state index in [-0.39, 0.29) is 11.4 Å². The van der Waals surface area contributed by atoms with Gasteiger partial charge in [0, 0.05) is 11.3 Å². The van der Waals surface area contributed by atoms with Gasteiger partial charge in [-0.3, -0.25) is 0 Å². The summed E-state index contributed by atoms with van der Waals surface area (Å²) in [5.41, 5.74) is 1.04. The molecule has 6 heteroatoms. The molecule has 1 aromatic carbocycles. The molecule has 1 heterocycles. The minimum absolute atomic E-state index is 0.221. The van der Waals surface area contributed by atoms with Gasteiger partial charge in [-0.2, -0.15) is 13.2 Å². The first-order valence-corrected chi connectivity index (χ1v) is 5.47. The van der Waals surface area contributed by atoms with Crippen LogP contribution in [0.5, 0.6) is 5.75 Å². The van der Waals surface area contributed by atoms with Crippen LogP contribution in [0.25, 0.3) is 11.3 Å². The lowest BCUT2D eigenvalue weighted by Gasteiger charge is -2.09. The van der Waals surface area contributed by atoms with E-state index in [0.29, 0.717) is 11.3 Å². The highest BCUT2D eigenvalue weighted by Crippen LogP contribution is 2.29. The average molecular weight is 268 g/mol. The first-order valence-electron chi connectivity index (χ1n) is 5.47. The summed E-state index contributed by atoms with van der Waals surface area (Å²) < 4.78 is 43.0. The van der Waals surface area contributed by atoms with Crippen molar-refractivity contribution in [2.75, 3.05) is 7.11 Å². The van der Waals surface area contributed by atoms with E-state index in [4.69, 9.17) is 4.74 Å². The molecular weight excluding hydrogens is 257 g/mol. The summed E-state index contributed by atoms with van der Waals surface area (Å²) >= 11 is 0. The van der Waals surface area contributed by atoms with Crippen LogP contribution < -0.4 is 4.74 Å². The van der Waals surface area contributed by atoms with E-state index < -0.39 is 12.0 Å². The zero-order valence-corrected chi connectivity index (χ0v) is 10.3. The lowest BCUT2D eigenvalue weighted by molar-refractivity contribution is -0.145. The minimum Gasteiger partial charge on any atom is -0.497 e. The number of aryl methyl sites for hydroxylation is 1. The molecule has 0 radical (unpaired) electrons. The molecule has 0 saturated heterocycles. The van der Waals surface area contributed by atoms with Gasteiger partial charge in [-0.05, 0) is 25.1 Å². The van der Waals surface area contributed by atoms with Crippen molar-refractivity contribution in [2.45, 2.75) is 13.1 Å². The molecule has 3 nitrogen and oxygen atoms in total. The van der Waals surface area contributed by atoms with Crippen LogP contribution in [0.3, 0.4) is 0 Å². The second-order valence-corrected chi connectivity index (χ2v) is 3.95. The molecule has 2 aromatic rings. The van der Waals surface area contributed by atoms with Crippen molar-refractivity contribution in [1.82, 2.24) is 9.97 Å². The third-order valence-corrected chi connectivity index (χ3v) is 2.47. The highest BCUT2D eigenvalue weighted by atomic mass is 19.4. The van der Waals surface area contributed by atoms with Gasteiger partial charge in [0.25, 0.3) is 0 Å². The zero-order valence-electron chi connectivity index (χ0n) is 10.3. The zero-order chi connectivity index (χ0) is 14.0. The second-order valence-electron chi connectivity index (χ2n) is 3.95. The standard InChI is InChI=1S/C13H11F3N2O/c1-8-6-11(18-12(17-8)13(14,15)16)9-4-3-5-10(7-9)19-2/h3-7H,1-2H3. The maximum absolute atomic E-state index is 12.7. The minimum atomic E-state index is -4.56. The monoisotopic (exact) mass is 268 g/mol. The Morgan fingerprint density at radius 3 is 2.47 bits per heavy atom. The molecule has 0 bridgehead atoms. The third-order valence-electron chi connectivity index (χ3n) is 2.47. The number of hydrogen-bond donors (Lipinski definition) is 0. The summed E-state index contributed by atoms with van der Waals surface area (Å²) in [5, 5.41) is 0. The number of aromatic nitrogens is 2. The fraction of sp³-hybridized carbons (Fsp3) is 0.231. The molecule has 1 aromatic heterocycles. The number of ether oxygens (including phenoxy) is 1. The Labute approximate surface area is 108 Å². The Bertz CT molecular complexity index is 597. The van der Waals surface area contributed by atoms with Crippen molar-refractivity contribution in [2.24, 2.45) is 0 Å². The van der Waals surface area contributed by atoms with Crippen LogP contribution in [-0.4, -0.2) is 17.1 Å². The van der Waals surface area contributed by atoms with Crippen LogP contribution in [0.15, 0.2) is 30.3 Å². The van der Waals surface area contributed by atoms with E-state index in [1.165, 1.54) is 20.1 Å². The fourth-order valence-electron chi connectivity index (χ4n) is 1.63. The number of methoxy groups -OCH3 is 1. The number of alkyl halides is 3. The van der Waals surface area contributed by atoms with Crippen molar-refractivity contribution in [3.8, 4) is 17.0 Å². The van der Waals surface area contributed by atoms with E-state index in [1.807, 2.05) is 0 Å². The van der Waals surface area contributed by atoms with Gasteiger partial charge in [-0.1, -0.05) is 12.1 Å². The summed E-state index contributed by atoms with van der Waals surface area (Å²) in [7, 11) is 1.49. The quantitative estimate of drug-likeness (QED) is 0.836. The first kappa shape index (κ1) is 13.3. The third kappa shape index (κ3) is 3.01. The lowest BCUT2D eigenvalue weighted by atomic mass is 10.1. The van der Waals surface area contributed by atoms with Crippen LogP contribution in [0.2, 0.25) is 0 Å². The predicted molar refractivity (Wildman–Crippen MR) is 63.8 cm³/mol. The Balaban J connectivity index is 2.53. The maximum Gasteiger partial charge on any atom is 0.451 e. The van der Waals surface area contributed by atoms with Gasteiger partial charge in [-0.15, -0.1) is 0 Å². The van der Waals surface area contributed by atoms with E-state index in [0.717, 1.165) is 0 Å². The van der Waals surface area contributed by atoms with Gasteiger partial charge >= 0.3 is 6.18 Å². The average Bonchev–Trinajstić information content (AvgIpc) is 2.37. The first-order chi connectivity index (χ1) is 8.90. The van der Waals surface area contributed by atoms with E-state index in [1.54, 1.807) is 24.3 Å². The van der Waals surface area contributed by atoms with E-state index in [9.17, 15) is 13.2 Å². The Hall–Kier alpha value is -2.11. The number of benzene rings is 1. The summed E-state index contributed by atoms with van der Waals surface area (Å²) in [6, 6.07) is 8.21. The molecule has 0 spiro atoms. The van der Waals surface area contributed by atoms with Crippen molar-refractivity contribution >= 4 is 0 Å². The molecule has 0 N–H and O–H groups in total. The van der Waals surface area contributed by atoms with E-state index in [2.05, 4.69) is 9.97 Å². The van der Waals surface area contributed by atoms with Crippen LogP contribution in [0, 0.1) is 6.92 Å². The highest BCUT2D eigenvalue weighted by Gasteiger charge is 2.35. The maximum atomic E-state index is 12.7. The van der Waals surface area contributed by atoms with Crippen LogP contribution >= 0.6 is 0 Å². The van der Waals surface area contributed by atoms with Crippen molar-refractivity contribution in [3.05, 3.63) is 41.9 Å². The SMILES string of the molecule is COc1cccc(-c2cc(C)nc(C(F)(F)F)n2)c1. The van der Waals surface area contributed by atoms with Crippen molar-refractivity contribution in [3.63, 3.8) is 0 Å².